The van der Waals surface area contributed by atoms with Gasteiger partial charge in [-0.1, -0.05) is 37.8 Å². The molecule has 0 bridgehead atoms. The van der Waals surface area contributed by atoms with Gasteiger partial charge < -0.3 is 26.0 Å². The molecule has 9 heteroatoms. The summed E-state index contributed by atoms with van der Waals surface area (Å²) in [5.74, 6) is -1.25. The first-order valence-corrected chi connectivity index (χ1v) is 12.7. The summed E-state index contributed by atoms with van der Waals surface area (Å²) < 4.78 is 5.36. The minimum atomic E-state index is -1.11. The zero-order valence-electron chi connectivity index (χ0n) is 23.1. The lowest BCUT2D eigenvalue weighted by molar-refractivity contribution is -0.144. The van der Waals surface area contributed by atoms with E-state index in [9.17, 15) is 19.2 Å². The van der Waals surface area contributed by atoms with Crippen molar-refractivity contribution < 1.29 is 23.9 Å². The summed E-state index contributed by atoms with van der Waals surface area (Å²) in [7, 11) is 0. The molecule has 0 spiro atoms. The number of hydrogen-bond acceptors (Lipinski definition) is 5. The summed E-state index contributed by atoms with van der Waals surface area (Å²) in [5, 5.41) is 5.62. The number of carbonyl (C=O) groups is 4. The molecule has 1 aromatic carbocycles. The minimum Gasteiger partial charge on any atom is -0.444 e. The molecule has 0 saturated heterocycles. The van der Waals surface area contributed by atoms with E-state index in [1.807, 2.05) is 45.9 Å². The summed E-state index contributed by atoms with van der Waals surface area (Å²) in [5.41, 5.74) is 5.46. The maximum atomic E-state index is 14.1. The van der Waals surface area contributed by atoms with Crippen molar-refractivity contribution in [1.29, 1.82) is 0 Å². The Labute approximate surface area is 220 Å². The number of alkyl carbamates (subject to hydrolysis) is 1. The van der Waals surface area contributed by atoms with Crippen molar-refractivity contribution in [3.05, 3.63) is 42.0 Å². The van der Waals surface area contributed by atoms with E-state index in [1.165, 1.54) is 0 Å². The number of carbonyl (C=O) groups excluding carboxylic acids is 4. The number of nitrogens with zero attached hydrogens (tertiary/aromatic N) is 1. The van der Waals surface area contributed by atoms with E-state index in [0.29, 0.717) is 12.0 Å². The average Bonchev–Trinajstić information content (AvgIpc) is 3.47. The minimum absolute atomic E-state index is 0.0225. The number of rotatable bonds is 10. The smallest absolute Gasteiger partial charge is 0.408 e. The molecule has 0 heterocycles. The third kappa shape index (κ3) is 9.22. The van der Waals surface area contributed by atoms with Crippen molar-refractivity contribution in [3.63, 3.8) is 0 Å². The number of hydrogen-bond donors (Lipinski definition) is 3. The molecule has 2 rings (SSSR count). The van der Waals surface area contributed by atoms with Crippen molar-refractivity contribution in [2.75, 3.05) is 0 Å². The molecule has 1 aromatic rings. The third-order valence-corrected chi connectivity index (χ3v) is 5.83. The molecule has 0 aliphatic heterocycles. The third-order valence-electron chi connectivity index (χ3n) is 5.83. The van der Waals surface area contributed by atoms with E-state index >= 15 is 0 Å². The molecule has 4 unspecified atom stereocenters. The van der Waals surface area contributed by atoms with Crippen LogP contribution in [0.1, 0.15) is 84.9 Å². The highest BCUT2D eigenvalue weighted by Gasteiger charge is 2.48. The van der Waals surface area contributed by atoms with Gasteiger partial charge in [0.1, 0.15) is 17.7 Å². The van der Waals surface area contributed by atoms with Crippen LogP contribution in [0.3, 0.4) is 0 Å². The number of primary amides is 1. The van der Waals surface area contributed by atoms with Gasteiger partial charge in [0, 0.05) is 18.0 Å². The number of benzene rings is 1. The van der Waals surface area contributed by atoms with Gasteiger partial charge in [0.25, 0.3) is 0 Å². The lowest BCUT2D eigenvalue weighted by Crippen LogP contribution is -2.55. The standard InChI is InChI=1S/C28H42N4O5/c1-9-18-11-10-12-19(16-18)23(24(34)31-27(3,4)5)32(21-15-17(21)2)25(35)20(13-14-22(29)33)30-26(36)37-28(6,7)8/h9-12,16-17,20-21,23H,1,13-15H2,2-8H3,(H2,29,33)(H,30,36)(H,31,34). The van der Waals surface area contributed by atoms with Crippen LogP contribution in [-0.4, -0.2) is 51.9 Å². The molecular weight excluding hydrogens is 472 g/mol. The molecule has 4 amide bonds. The number of nitrogens with one attached hydrogen (secondary N) is 2. The Hall–Kier alpha value is -3.36. The van der Waals surface area contributed by atoms with Gasteiger partial charge in [0.05, 0.1) is 0 Å². The first-order chi connectivity index (χ1) is 17.0. The van der Waals surface area contributed by atoms with E-state index in [2.05, 4.69) is 17.2 Å². The maximum absolute atomic E-state index is 14.1. The Bertz CT molecular complexity index is 1020. The summed E-state index contributed by atoms with van der Waals surface area (Å²) in [4.78, 5) is 53.6. The van der Waals surface area contributed by atoms with Gasteiger partial charge in [-0.15, -0.1) is 0 Å². The van der Waals surface area contributed by atoms with Crippen LogP contribution in [0.5, 0.6) is 0 Å². The quantitative estimate of drug-likeness (QED) is 0.438. The normalized spacial score (nSPS) is 18.7. The molecule has 1 fully saturated rings. The molecule has 4 atom stereocenters. The Morgan fingerprint density at radius 2 is 1.81 bits per heavy atom. The van der Waals surface area contributed by atoms with Crippen LogP contribution in [0.2, 0.25) is 0 Å². The second-order valence-corrected chi connectivity index (χ2v) is 11.7. The van der Waals surface area contributed by atoms with Gasteiger partial charge >= 0.3 is 6.09 Å². The predicted molar refractivity (Wildman–Crippen MR) is 143 cm³/mol. The van der Waals surface area contributed by atoms with Gasteiger partial charge in [-0.05, 0) is 77.5 Å². The number of nitrogens with two attached hydrogens (primary N) is 1. The number of ether oxygens (including phenoxy) is 1. The van der Waals surface area contributed by atoms with Crippen LogP contribution < -0.4 is 16.4 Å². The Morgan fingerprint density at radius 1 is 1.19 bits per heavy atom. The van der Waals surface area contributed by atoms with Gasteiger partial charge in [0.2, 0.25) is 17.7 Å². The fourth-order valence-corrected chi connectivity index (χ4v) is 4.08. The van der Waals surface area contributed by atoms with Crippen LogP contribution in [0.4, 0.5) is 4.79 Å². The molecule has 204 valence electrons. The Balaban J connectivity index is 2.55. The fourth-order valence-electron chi connectivity index (χ4n) is 4.08. The molecule has 1 aliphatic carbocycles. The van der Waals surface area contributed by atoms with Crippen LogP contribution in [0.15, 0.2) is 30.8 Å². The van der Waals surface area contributed by atoms with Crippen LogP contribution >= 0.6 is 0 Å². The van der Waals surface area contributed by atoms with Crippen molar-refractivity contribution in [2.45, 2.75) is 97.0 Å². The highest BCUT2D eigenvalue weighted by Crippen LogP contribution is 2.41. The second-order valence-electron chi connectivity index (χ2n) is 11.7. The molecule has 1 saturated carbocycles. The Kier molecular flexibility index (Phi) is 9.52. The first-order valence-electron chi connectivity index (χ1n) is 12.7. The summed E-state index contributed by atoms with van der Waals surface area (Å²) >= 11 is 0. The monoisotopic (exact) mass is 514 g/mol. The first kappa shape index (κ1) is 29.9. The molecule has 9 nitrogen and oxygen atoms in total. The highest BCUT2D eigenvalue weighted by molar-refractivity contribution is 5.93. The van der Waals surface area contributed by atoms with E-state index in [-0.39, 0.29) is 30.7 Å². The topological polar surface area (TPSA) is 131 Å². The van der Waals surface area contributed by atoms with E-state index in [1.54, 1.807) is 37.8 Å². The lowest BCUT2D eigenvalue weighted by atomic mass is 9.98. The molecule has 37 heavy (non-hydrogen) atoms. The van der Waals surface area contributed by atoms with E-state index in [0.717, 1.165) is 5.56 Å². The van der Waals surface area contributed by atoms with Crippen LogP contribution in [0, 0.1) is 5.92 Å². The highest BCUT2D eigenvalue weighted by atomic mass is 16.6. The van der Waals surface area contributed by atoms with Crippen LogP contribution in [-0.2, 0) is 19.1 Å². The van der Waals surface area contributed by atoms with Gasteiger partial charge in [-0.2, -0.15) is 0 Å². The van der Waals surface area contributed by atoms with Crippen molar-refractivity contribution in [1.82, 2.24) is 15.5 Å². The van der Waals surface area contributed by atoms with E-state index in [4.69, 9.17) is 10.5 Å². The summed E-state index contributed by atoms with van der Waals surface area (Å²) in [6.45, 7) is 16.6. The molecule has 1 aliphatic rings. The molecule has 0 radical (unpaired) electrons. The zero-order valence-corrected chi connectivity index (χ0v) is 23.1. The van der Waals surface area contributed by atoms with Crippen molar-refractivity contribution in [2.24, 2.45) is 11.7 Å². The molecule has 4 N–H and O–H groups in total. The van der Waals surface area contributed by atoms with Gasteiger partial charge in [-0.3, -0.25) is 14.4 Å². The van der Waals surface area contributed by atoms with E-state index < -0.39 is 41.1 Å². The molecule has 0 aromatic heterocycles. The number of amides is 4. The lowest BCUT2D eigenvalue weighted by Gasteiger charge is -2.36. The van der Waals surface area contributed by atoms with Gasteiger partial charge in [-0.25, -0.2) is 4.79 Å². The predicted octanol–water partition coefficient (Wildman–Crippen LogP) is 3.68. The molecular formula is C28H42N4O5. The Morgan fingerprint density at radius 3 is 2.30 bits per heavy atom. The average molecular weight is 515 g/mol. The van der Waals surface area contributed by atoms with Crippen LogP contribution in [0.25, 0.3) is 6.08 Å². The maximum Gasteiger partial charge on any atom is 0.408 e. The van der Waals surface area contributed by atoms with Gasteiger partial charge in [0.15, 0.2) is 0 Å². The van der Waals surface area contributed by atoms with Crippen molar-refractivity contribution in [3.8, 4) is 0 Å². The second kappa shape index (κ2) is 11.8. The zero-order chi connectivity index (χ0) is 28.1. The van der Waals surface area contributed by atoms with Crippen molar-refractivity contribution >= 4 is 29.9 Å². The SMILES string of the molecule is C=Cc1cccc(C(C(=O)NC(C)(C)C)N(C(=O)C(CCC(N)=O)NC(=O)OC(C)(C)C)C2CC2C)c1. The largest absolute Gasteiger partial charge is 0.444 e. The fraction of sp³-hybridized carbons (Fsp3) is 0.571. The summed E-state index contributed by atoms with van der Waals surface area (Å²) in [6, 6.07) is 5.01. The summed E-state index contributed by atoms with van der Waals surface area (Å²) in [6.07, 6.45) is 1.45.